The van der Waals surface area contributed by atoms with Crippen LogP contribution in [0.25, 0.3) is 10.9 Å². The molecule has 28 heavy (non-hydrogen) atoms. The molecule has 1 saturated carbocycles. The molecule has 2 aliphatic heterocycles. The molecule has 1 aromatic carbocycles. The Bertz CT molecular complexity index is 933. The van der Waals surface area contributed by atoms with Gasteiger partial charge in [0, 0.05) is 36.0 Å². The van der Waals surface area contributed by atoms with E-state index in [0.717, 1.165) is 44.2 Å². The van der Waals surface area contributed by atoms with Gasteiger partial charge < -0.3 is 14.6 Å². The van der Waals surface area contributed by atoms with Crippen LogP contribution in [-0.2, 0) is 26.3 Å². The molecule has 5 heteroatoms. The number of nitrogens with zero attached hydrogens (tertiary/aromatic N) is 1. The lowest BCUT2D eigenvalue weighted by atomic mass is 9.57. The summed E-state index contributed by atoms with van der Waals surface area (Å²) in [6.45, 7) is 0.791. The summed E-state index contributed by atoms with van der Waals surface area (Å²) in [5.74, 6) is 0.890. The highest BCUT2D eigenvalue weighted by Crippen LogP contribution is 2.58. The van der Waals surface area contributed by atoms with Gasteiger partial charge in [-0.05, 0) is 55.6 Å². The Kier molecular flexibility index (Phi) is 4.22. The van der Waals surface area contributed by atoms with Crippen molar-refractivity contribution >= 4 is 22.8 Å². The number of aromatic nitrogens is 1. The number of hydrogen-bond acceptors (Lipinski definition) is 3. The number of amides is 1. The van der Waals surface area contributed by atoms with Crippen molar-refractivity contribution in [1.82, 2.24) is 9.88 Å². The number of hydrogen-bond donors (Lipinski definition) is 1. The van der Waals surface area contributed by atoms with Gasteiger partial charge in [-0.2, -0.15) is 0 Å². The van der Waals surface area contributed by atoms with Crippen LogP contribution in [0.15, 0.2) is 24.3 Å². The van der Waals surface area contributed by atoms with Crippen LogP contribution in [0, 0.1) is 11.8 Å². The first-order chi connectivity index (χ1) is 13.7. The Morgan fingerprint density at radius 3 is 2.96 bits per heavy atom. The maximum atomic E-state index is 13.1. The fraction of sp³-hybridized carbons (Fsp3) is 0.565. The third kappa shape index (κ3) is 2.38. The molecule has 0 radical (unpaired) electrons. The Morgan fingerprint density at radius 1 is 1.25 bits per heavy atom. The van der Waals surface area contributed by atoms with Crippen LogP contribution < -0.4 is 0 Å². The molecule has 3 aliphatic rings. The SMILES string of the molecule is COC(=O)CCC1CCCC2CCC(=O)N3CCc4c([nH]c5ccccc45)C123. The molecule has 0 bridgehead atoms. The number of carbonyl (C=O) groups excluding carboxylic acids is 2. The quantitative estimate of drug-likeness (QED) is 0.821. The molecule has 3 heterocycles. The van der Waals surface area contributed by atoms with E-state index in [9.17, 15) is 9.59 Å². The van der Waals surface area contributed by atoms with E-state index in [-0.39, 0.29) is 17.4 Å². The van der Waals surface area contributed by atoms with E-state index >= 15 is 0 Å². The van der Waals surface area contributed by atoms with Gasteiger partial charge in [-0.3, -0.25) is 9.59 Å². The van der Waals surface area contributed by atoms with Crippen molar-refractivity contribution in [2.45, 2.75) is 56.9 Å². The van der Waals surface area contributed by atoms with Crippen LogP contribution in [0.1, 0.15) is 56.2 Å². The van der Waals surface area contributed by atoms with Gasteiger partial charge in [0.05, 0.1) is 12.6 Å². The molecule has 2 fully saturated rings. The van der Waals surface area contributed by atoms with Crippen molar-refractivity contribution < 1.29 is 14.3 Å². The number of rotatable bonds is 3. The Hall–Kier alpha value is -2.30. The van der Waals surface area contributed by atoms with Crippen LogP contribution in [0.4, 0.5) is 0 Å². The normalized spacial score (nSPS) is 29.2. The number of para-hydroxylation sites is 1. The Labute approximate surface area is 165 Å². The van der Waals surface area contributed by atoms with Crippen molar-refractivity contribution in [3.05, 3.63) is 35.5 Å². The summed E-state index contributed by atoms with van der Waals surface area (Å²) in [6, 6.07) is 8.50. The zero-order valence-corrected chi connectivity index (χ0v) is 16.5. The monoisotopic (exact) mass is 380 g/mol. The smallest absolute Gasteiger partial charge is 0.305 e. The number of nitrogens with one attached hydrogen (secondary N) is 1. The largest absolute Gasteiger partial charge is 0.469 e. The third-order valence-electron chi connectivity index (χ3n) is 7.53. The van der Waals surface area contributed by atoms with Crippen molar-refractivity contribution in [3.8, 4) is 0 Å². The maximum absolute atomic E-state index is 13.1. The number of esters is 1. The van der Waals surface area contributed by atoms with E-state index in [4.69, 9.17) is 4.74 Å². The molecule has 1 amide bonds. The molecule has 2 aromatic rings. The number of piperidine rings is 1. The molecule has 5 nitrogen and oxygen atoms in total. The number of methoxy groups -OCH3 is 1. The van der Waals surface area contributed by atoms with E-state index < -0.39 is 0 Å². The fourth-order valence-electron chi connectivity index (χ4n) is 6.46. The van der Waals surface area contributed by atoms with E-state index in [1.807, 2.05) is 0 Å². The fourth-order valence-corrected chi connectivity index (χ4v) is 6.46. The minimum Gasteiger partial charge on any atom is -0.469 e. The first-order valence-electron chi connectivity index (χ1n) is 10.6. The number of ether oxygens (including phenoxy) is 1. The predicted molar refractivity (Wildman–Crippen MR) is 107 cm³/mol. The van der Waals surface area contributed by atoms with Crippen molar-refractivity contribution in [2.75, 3.05) is 13.7 Å². The zero-order chi connectivity index (χ0) is 19.3. The lowest BCUT2D eigenvalue weighted by molar-refractivity contribution is -0.161. The van der Waals surface area contributed by atoms with Gasteiger partial charge in [0.2, 0.25) is 5.91 Å². The van der Waals surface area contributed by atoms with Gasteiger partial charge in [0.25, 0.3) is 0 Å². The number of aromatic amines is 1. The average Bonchev–Trinajstić information content (AvgIpc) is 3.11. The van der Waals surface area contributed by atoms with Gasteiger partial charge in [-0.15, -0.1) is 0 Å². The maximum Gasteiger partial charge on any atom is 0.305 e. The Balaban J connectivity index is 1.68. The second-order valence-electron chi connectivity index (χ2n) is 8.62. The van der Waals surface area contributed by atoms with E-state index in [2.05, 4.69) is 34.1 Å². The highest BCUT2D eigenvalue weighted by molar-refractivity contribution is 5.87. The number of carbonyl (C=O) groups is 2. The summed E-state index contributed by atoms with van der Waals surface area (Å²) >= 11 is 0. The Morgan fingerprint density at radius 2 is 2.11 bits per heavy atom. The standard InChI is InChI=1S/C23H28N2O3/c1-28-21(27)12-10-16-6-4-5-15-9-11-20(26)25-14-13-18-17-7-2-3-8-19(17)24-22(18)23(15,16)25/h2-3,7-8,15-16,24H,4-6,9-14H2,1H3. The highest BCUT2D eigenvalue weighted by Gasteiger charge is 2.59. The van der Waals surface area contributed by atoms with Gasteiger partial charge in [-0.1, -0.05) is 24.6 Å². The third-order valence-corrected chi connectivity index (χ3v) is 7.53. The summed E-state index contributed by atoms with van der Waals surface area (Å²) in [5.41, 5.74) is 3.52. The number of H-pyrrole nitrogens is 1. The molecule has 1 aromatic heterocycles. The molecule has 1 aliphatic carbocycles. The predicted octanol–water partition coefficient (Wildman–Crippen LogP) is 3.91. The first-order valence-corrected chi connectivity index (χ1v) is 10.6. The molecule has 3 unspecified atom stereocenters. The number of benzene rings is 1. The zero-order valence-electron chi connectivity index (χ0n) is 16.5. The van der Waals surface area contributed by atoms with Gasteiger partial charge in [0.15, 0.2) is 0 Å². The second-order valence-corrected chi connectivity index (χ2v) is 8.62. The molecular weight excluding hydrogens is 352 g/mol. The van der Waals surface area contributed by atoms with Crippen molar-refractivity contribution in [2.24, 2.45) is 11.8 Å². The molecule has 3 atom stereocenters. The van der Waals surface area contributed by atoms with Crippen LogP contribution in [0.3, 0.4) is 0 Å². The molecule has 1 spiro atoms. The summed E-state index contributed by atoms with van der Waals surface area (Å²) < 4.78 is 4.92. The van der Waals surface area contributed by atoms with Gasteiger partial charge in [0.1, 0.15) is 0 Å². The average molecular weight is 380 g/mol. The molecule has 148 valence electrons. The highest BCUT2D eigenvalue weighted by atomic mass is 16.5. The summed E-state index contributed by atoms with van der Waals surface area (Å²) in [5, 5.41) is 1.29. The van der Waals surface area contributed by atoms with E-state index in [0.29, 0.717) is 24.7 Å². The minimum atomic E-state index is -0.284. The summed E-state index contributed by atoms with van der Waals surface area (Å²) in [7, 11) is 1.46. The minimum absolute atomic E-state index is 0.153. The first kappa shape index (κ1) is 17.8. The van der Waals surface area contributed by atoms with Crippen LogP contribution >= 0.6 is 0 Å². The topological polar surface area (TPSA) is 62.4 Å². The van der Waals surface area contributed by atoms with Gasteiger partial charge >= 0.3 is 5.97 Å². The second kappa shape index (κ2) is 6.64. The van der Waals surface area contributed by atoms with E-state index in [1.54, 1.807) is 0 Å². The molecule has 1 N–H and O–H groups in total. The van der Waals surface area contributed by atoms with Crippen LogP contribution in [0.5, 0.6) is 0 Å². The lowest BCUT2D eigenvalue weighted by Gasteiger charge is -2.60. The van der Waals surface area contributed by atoms with Crippen LogP contribution in [-0.4, -0.2) is 35.4 Å². The molecular formula is C23H28N2O3. The summed E-state index contributed by atoms with van der Waals surface area (Å²) in [6.07, 6.45) is 7.12. The van der Waals surface area contributed by atoms with E-state index in [1.165, 1.54) is 30.2 Å². The summed E-state index contributed by atoms with van der Waals surface area (Å²) in [4.78, 5) is 30.9. The van der Waals surface area contributed by atoms with Crippen molar-refractivity contribution in [1.29, 1.82) is 0 Å². The van der Waals surface area contributed by atoms with Crippen molar-refractivity contribution in [3.63, 3.8) is 0 Å². The molecule has 5 rings (SSSR count). The lowest BCUT2D eigenvalue weighted by Crippen LogP contribution is -2.64. The van der Waals surface area contributed by atoms with Crippen LogP contribution in [0.2, 0.25) is 0 Å². The molecule has 1 saturated heterocycles. The van der Waals surface area contributed by atoms with Gasteiger partial charge in [-0.25, -0.2) is 0 Å². The number of fused-ring (bicyclic) bond motifs is 3.